The van der Waals surface area contributed by atoms with Gasteiger partial charge in [-0.25, -0.2) is 0 Å². The minimum Gasteiger partial charge on any atom is -0.314 e. The van der Waals surface area contributed by atoms with Gasteiger partial charge in [0.2, 0.25) is 0 Å². The highest BCUT2D eigenvalue weighted by atomic mass is 32.2. The third-order valence-electron chi connectivity index (χ3n) is 3.91. The molecule has 1 rings (SSSR count). The Morgan fingerprint density at radius 2 is 2.11 bits per heavy atom. The highest BCUT2D eigenvalue weighted by Gasteiger charge is 2.14. The van der Waals surface area contributed by atoms with Gasteiger partial charge in [-0.1, -0.05) is 19.8 Å². The number of nitrogens with one attached hydrogen (secondary N) is 2. The Hall–Kier alpha value is 0.0700. The Balaban J connectivity index is 2.12. The van der Waals surface area contributed by atoms with Gasteiger partial charge in [-0.15, -0.1) is 0 Å². The Morgan fingerprint density at radius 3 is 2.83 bits per heavy atom. The first-order valence-electron chi connectivity index (χ1n) is 7.38. The molecule has 3 nitrogen and oxygen atoms in total. The van der Waals surface area contributed by atoms with E-state index < -0.39 is 10.8 Å². The van der Waals surface area contributed by atoms with E-state index >= 15 is 0 Å². The maximum atomic E-state index is 11.2. The summed E-state index contributed by atoms with van der Waals surface area (Å²) < 4.78 is 11.2. The lowest BCUT2D eigenvalue weighted by Crippen LogP contribution is -2.37. The molecule has 0 aromatic carbocycles. The van der Waals surface area contributed by atoms with Gasteiger partial charge in [0, 0.05) is 34.4 Å². The summed E-state index contributed by atoms with van der Waals surface area (Å²) in [7, 11) is -0.686. The van der Waals surface area contributed by atoms with Crippen LogP contribution in [0.2, 0.25) is 0 Å². The molecule has 0 saturated carbocycles. The molecule has 1 aliphatic heterocycles. The van der Waals surface area contributed by atoms with Crippen molar-refractivity contribution < 1.29 is 4.21 Å². The van der Waals surface area contributed by atoms with Crippen LogP contribution in [0.3, 0.4) is 0 Å². The van der Waals surface area contributed by atoms with E-state index in [0.717, 1.165) is 13.0 Å². The molecule has 2 N–H and O–H groups in total. The Morgan fingerprint density at radius 1 is 1.33 bits per heavy atom. The molecule has 1 fully saturated rings. The van der Waals surface area contributed by atoms with Crippen LogP contribution in [0.5, 0.6) is 0 Å². The summed E-state index contributed by atoms with van der Waals surface area (Å²) >= 11 is 0. The van der Waals surface area contributed by atoms with E-state index in [-0.39, 0.29) is 0 Å². The Labute approximate surface area is 115 Å². The predicted octanol–water partition coefficient (Wildman–Crippen LogP) is 2.04. The van der Waals surface area contributed by atoms with Gasteiger partial charge in [0.15, 0.2) is 0 Å². The van der Waals surface area contributed by atoms with E-state index in [1.807, 2.05) is 0 Å². The van der Waals surface area contributed by atoms with Crippen LogP contribution in [0.25, 0.3) is 0 Å². The summed E-state index contributed by atoms with van der Waals surface area (Å²) in [5.74, 6) is 0. The summed E-state index contributed by atoms with van der Waals surface area (Å²) in [6.07, 6.45) is 9.42. The van der Waals surface area contributed by atoms with Crippen molar-refractivity contribution in [3.8, 4) is 0 Å². The van der Waals surface area contributed by atoms with E-state index in [9.17, 15) is 4.21 Å². The average Bonchev–Trinajstić information content (AvgIpc) is 2.57. The summed E-state index contributed by atoms with van der Waals surface area (Å²) in [5.41, 5.74) is 0. The van der Waals surface area contributed by atoms with Crippen molar-refractivity contribution in [1.29, 1.82) is 0 Å². The third kappa shape index (κ3) is 6.86. The highest BCUT2D eigenvalue weighted by molar-refractivity contribution is 7.84. The van der Waals surface area contributed by atoms with E-state index in [0.29, 0.717) is 17.3 Å². The topological polar surface area (TPSA) is 41.1 Å². The third-order valence-corrected chi connectivity index (χ3v) is 5.28. The zero-order chi connectivity index (χ0) is 13.4. The van der Waals surface area contributed by atoms with E-state index in [1.54, 1.807) is 6.26 Å². The van der Waals surface area contributed by atoms with Crippen molar-refractivity contribution in [1.82, 2.24) is 10.6 Å². The second-order valence-electron chi connectivity index (χ2n) is 5.69. The maximum absolute atomic E-state index is 11.2. The molecule has 18 heavy (non-hydrogen) atoms. The smallest absolute Gasteiger partial charge is 0.0329 e. The molecule has 0 aliphatic carbocycles. The van der Waals surface area contributed by atoms with Crippen molar-refractivity contribution in [2.45, 2.75) is 69.7 Å². The van der Waals surface area contributed by atoms with Crippen molar-refractivity contribution in [3.05, 3.63) is 0 Å². The van der Waals surface area contributed by atoms with Gasteiger partial charge in [-0.05, 0) is 45.7 Å². The summed E-state index contributed by atoms with van der Waals surface area (Å²) in [4.78, 5) is 0. The van der Waals surface area contributed by atoms with Crippen LogP contribution >= 0.6 is 0 Å². The lowest BCUT2D eigenvalue weighted by atomic mass is 10.0. The predicted molar refractivity (Wildman–Crippen MR) is 80.5 cm³/mol. The largest absolute Gasteiger partial charge is 0.314 e. The molecule has 0 radical (unpaired) electrons. The second kappa shape index (κ2) is 9.05. The number of hydrogen-bond donors (Lipinski definition) is 2. The minimum atomic E-state index is -0.686. The molecule has 108 valence electrons. The molecule has 1 aliphatic rings. The summed E-state index contributed by atoms with van der Waals surface area (Å²) in [6.45, 7) is 6.49. The van der Waals surface area contributed by atoms with Crippen molar-refractivity contribution in [2.24, 2.45) is 0 Å². The fourth-order valence-corrected chi connectivity index (χ4v) is 2.96. The lowest BCUT2D eigenvalue weighted by molar-refractivity contribution is 0.401. The Bertz CT molecular complexity index is 240. The average molecular weight is 274 g/mol. The first kappa shape index (κ1) is 16.1. The SMILES string of the molecule is CC(CC1CCCCCN1)NCCC(C)S(C)=O. The molecular weight excluding hydrogens is 244 g/mol. The zero-order valence-electron chi connectivity index (χ0n) is 12.2. The fourth-order valence-electron chi connectivity index (χ4n) is 2.51. The summed E-state index contributed by atoms with van der Waals surface area (Å²) in [6, 6.07) is 1.24. The van der Waals surface area contributed by atoms with Crippen molar-refractivity contribution in [2.75, 3.05) is 19.3 Å². The van der Waals surface area contributed by atoms with Crippen LogP contribution in [0, 0.1) is 0 Å². The number of hydrogen-bond acceptors (Lipinski definition) is 3. The second-order valence-corrected chi connectivity index (χ2v) is 7.49. The summed E-state index contributed by atoms with van der Waals surface area (Å²) in [5, 5.41) is 7.51. The van der Waals surface area contributed by atoms with Gasteiger partial charge in [-0.3, -0.25) is 4.21 Å². The first-order valence-corrected chi connectivity index (χ1v) is 9.00. The van der Waals surface area contributed by atoms with E-state index in [1.165, 1.54) is 38.6 Å². The molecule has 0 aromatic heterocycles. The lowest BCUT2D eigenvalue weighted by Gasteiger charge is -2.22. The van der Waals surface area contributed by atoms with Gasteiger partial charge in [0.05, 0.1) is 0 Å². The van der Waals surface area contributed by atoms with Gasteiger partial charge in [0.1, 0.15) is 0 Å². The molecule has 0 amide bonds. The molecule has 0 spiro atoms. The molecule has 4 unspecified atom stereocenters. The van der Waals surface area contributed by atoms with Gasteiger partial charge < -0.3 is 10.6 Å². The molecule has 1 saturated heterocycles. The molecule has 0 aromatic rings. The van der Waals surface area contributed by atoms with Crippen molar-refractivity contribution in [3.63, 3.8) is 0 Å². The monoisotopic (exact) mass is 274 g/mol. The van der Waals surface area contributed by atoms with E-state index in [4.69, 9.17) is 0 Å². The fraction of sp³-hybridized carbons (Fsp3) is 1.00. The van der Waals surface area contributed by atoms with Crippen LogP contribution in [-0.2, 0) is 10.8 Å². The van der Waals surface area contributed by atoms with Crippen LogP contribution < -0.4 is 10.6 Å². The van der Waals surface area contributed by atoms with Crippen LogP contribution in [0.4, 0.5) is 0 Å². The number of rotatable bonds is 7. The maximum Gasteiger partial charge on any atom is 0.0329 e. The van der Waals surface area contributed by atoms with Crippen LogP contribution in [-0.4, -0.2) is 40.9 Å². The molecule has 4 atom stereocenters. The first-order chi connectivity index (χ1) is 8.59. The molecule has 0 bridgehead atoms. The standard InChI is InChI=1S/C14H30N2OS/c1-12(15-10-8-13(2)18(3)17)11-14-7-5-4-6-9-16-14/h12-16H,4-11H2,1-3H3. The Kier molecular flexibility index (Phi) is 8.11. The van der Waals surface area contributed by atoms with Gasteiger partial charge in [-0.2, -0.15) is 0 Å². The molecular formula is C14H30N2OS. The van der Waals surface area contributed by atoms with E-state index in [2.05, 4.69) is 24.5 Å². The zero-order valence-corrected chi connectivity index (χ0v) is 13.0. The van der Waals surface area contributed by atoms with Crippen molar-refractivity contribution >= 4 is 10.8 Å². The normalized spacial score (nSPS) is 26.3. The quantitative estimate of drug-likeness (QED) is 0.746. The van der Waals surface area contributed by atoms with Gasteiger partial charge >= 0.3 is 0 Å². The highest BCUT2D eigenvalue weighted by Crippen LogP contribution is 2.12. The molecule has 4 heteroatoms. The van der Waals surface area contributed by atoms with Crippen LogP contribution in [0.1, 0.15) is 52.4 Å². The van der Waals surface area contributed by atoms with Gasteiger partial charge in [0.25, 0.3) is 0 Å². The minimum absolute atomic E-state index is 0.306. The van der Waals surface area contributed by atoms with Crippen LogP contribution in [0.15, 0.2) is 0 Å². The molecule has 1 heterocycles.